The first-order valence-electron chi connectivity index (χ1n) is 10.2. The predicted octanol–water partition coefficient (Wildman–Crippen LogP) is 4.29. The zero-order valence-electron chi connectivity index (χ0n) is 16.4. The number of nitrogens with one attached hydrogen (secondary N) is 1. The number of anilines is 1. The Balaban J connectivity index is 1.23. The number of benzene rings is 3. The van der Waals surface area contributed by atoms with Crippen molar-refractivity contribution < 1.29 is 14.0 Å². The quantitative estimate of drug-likeness (QED) is 0.556. The minimum atomic E-state index is -0.238. The number of halogens is 1. The number of rotatable bonds is 4. The maximum Gasteiger partial charge on any atom is 0.251 e. The second kappa shape index (κ2) is 7.41. The summed E-state index contributed by atoms with van der Waals surface area (Å²) < 4.78 is 13.1. The number of nitrogens with zero attached hydrogens (tertiary/aromatic N) is 1. The van der Waals surface area contributed by atoms with Crippen molar-refractivity contribution in [1.82, 2.24) is 5.32 Å². The van der Waals surface area contributed by atoms with Gasteiger partial charge in [0.25, 0.3) is 5.91 Å². The van der Waals surface area contributed by atoms with E-state index in [1.807, 2.05) is 30.3 Å². The van der Waals surface area contributed by atoms with E-state index in [1.54, 1.807) is 24.3 Å². The van der Waals surface area contributed by atoms with Crippen LogP contribution in [0.3, 0.4) is 0 Å². The van der Waals surface area contributed by atoms with Crippen molar-refractivity contribution in [2.75, 3.05) is 24.5 Å². The van der Waals surface area contributed by atoms with Gasteiger partial charge in [-0.1, -0.05) is 30.3 Å². The second-order valence-electron chi connectivity index (χ2n) is 7.92. The van der Waals surface area contributed by atoms with E-state index in [-0.39, 0.29) is 17.5 Å². The first-order chi connectivity index (χ1) is 14.6. The van der Waals surface area contributed by atoms with Crippen LogP contribution in [0.25, 0.3) is 11.1 Å². The molecule has 1 unspecified atom stereocenters. The topological polar surface area (TPSA) is 49.4 Å². The smallest absolute Gasteiger partial charge is 0.251 e. The first-order valence-corrected chi connectivity index (χ1v) is 10.2. The molecule has 1 fully saturated rings. The highest BCUT2D eigenvalue weighted by molar-refractivity contribution is 6.22. The lowest BCUT2D eigenvalue weighted by Crippen LogP contribution is -2.31. The summed E-state index contributed by atoms with van der Waals surface area (Å²) in [5.74, 6) is -0.0974. The highest BCUT2D eigenvalue weighted by atomic mass is 19.1. The summed E-state index contributed by atoms with van der Waals surface area (Å²) >= 11 is 0. The zero-order valence-corrected chi connectivity index (χ0v) is 16.4. The van der Waals surface area contributed by atoms with Gasteiger partial charge in [-0.3, -0.25) is 9.59 Å². The lowest BCUT2D eigenvalue weighted by Gasteiger charge is -2.19. The molecule has 0 spiro atoms. The van der Waals surface area contributed by atoms with Crippen molar-refractivity contribution in [3.05, 3.63) is 89.2 Å². The molecule has 150 valence electrons. The minimum Gasteiger partial charge on any atom is -0.371 e. The molecule has 30 heavy (non-hydrogen) atoms. The van der Waals surface area contributed by atoms with Gasteiger partial charge in [-0.05, 0) is 59.9 Å². The van der Waals surface area contributed by atoms with Crippen LogP contribution in [0.2, 0.25) is 0 Å². The Bertz CT molecular complexity index is 1140. The maximum atomic E-state index is 13.1. The summed E-state index contributed by atoms with van der Waals surface area (Å²) in [7, 11) is 0. The third-order valence-electron chi connectivity index (χ3n) is 6.02. The van der Waals surface area contributed by atoms with E-state index >= 15 is 0 Å². The second-order valence-corrected chi connectivity index (χ2v) is 7.92. The average Bonchev–Trinajstić information content (AvgIpc) is 3.36. The van der Waals surface area contributed by atoms with Crippen molar-refractivity contribution in [3.63, 3.8) is 0 Å². The Morgan fingerprint density at radius 1 is 0.967 bits per heavy atom. The number of amides is 1. The molecule has 0 bridgehead atoms. The molecule has 2 aliphatic rings. The van der Waals surface area contributed by atoms with Crippen LogP contribution in [0.15, 0.2) is 66.7 Å². The van der Waals surface area contributed by atoms with E-state index in [9.17, 15) is 14.0 Å². The summed E-state index contributed by atoms with van der Waals surface area (Å²) in [5.41, 5.74) is 4.60. The summed E-state index contributed by atoms with van der Waals surface area (Å²) in [6, 6.07) is 19.4. The SMILES string of the molecule is O=C(NCC1CCN(c2ccc(F)cc2)C1)c1ccc2c(c1)C(=O)c1ccccc1-2. The number of ketones is 1. The normalized spacial score (nSPS) is 17.0. The molecule has 3 aromatic rings. The van der Waals surface area contributed by atoms with Gasteiger partial charge in [0.2, 0.25) is 0 Å². The van der Waals surface area contributed by atoms with Crippen molar-refractivity contribution in [2.45, 2.75) is 6.42 Å². The monoisotopic (exact) mass is 400 g/mol. The predicted molar refractivity (Wildman–Crippen MR) is 114 cm³/mol. The lowest BCUT2D eigenvalue weighted by molar-refractivity contribution is 0.0948. The van der Waals surface area contributed by atoms with Gasteiger partial charge < -0.3 is 10.2 Å². The molecule has 1 amide bonds. The van der Waals surface area contributed by atoms with E-state index in [1.165, 1.54) is 12.1 Å². The van der Waals surface area contributed by atoms with Gasteiger partial charge in [0, 0.05) is 42.0 Å². The van der Waals surface area contributed by atoms with Crippen molar-refractivity contribution in [3.8, 4) is 11.1 Å². The summed E-state index contributed by atoms with van der Waals surface area (Å²) in [6.07, 6.45) is 0.968. The van der Waals surface area contributed by atoms with Crippen LogP contribution < -0.4 is 10.2 Å². The Morgan fingerprint density at radius 3 is 2.50 bits per heavy atom. The Morgan fingerprint density at radius 2 is 1.70 bits per heavy atom. The highest BCUT2D eigenvalue weighted by Gasteiger charge is 2.27. The lowest BCUT2D eigenvalue weighted by atomic mass is 10.0. The largest absolute Gasteiger partial charge is 0.371 e. The van der Waals surface area contributed by atoms with Crippen molar-refractivity contribution >= 4 is 17.4 Å². The van der Waals surface area contributed by atoms with Crippen LogP contribution in [0.1, 0.15) is 32.7 Å². The van der Waals surface area contributed by atoms with Gasteiger partial charge in [0.15, 0.2) is 5.78 Å². The third kappa shape index (κ3) is 3.26. The molecule has 5 rings (SSSR count). The Kier molecular flexibility index (Phi) is 4.58. The van der Waals surface area contributed by atoms with Crippen molar-refractivity contribution in [2.24, 2.45) is 5.92 Å². The highest BCUT2D eigenvalue weighted by Crippen LogP contribution is 2.36. The van der Waals surface area contributed by atoms with Crippen LogP contribution in [0.4, 0.5) is 10.1 Å². The molecule has 0 aromatic heterocycles. The van der Waals surface area contributed by atoms with Gasteiger partial charge in [-0.2, -0.15) is 0 Å². The molecule has 1 aliphatic carbocycles. The summed E-state index contributed by atoms with van der Waals surface area (Å²) in [5, 5.41) is 3.01. The Hall–Kier alpha value is -3.47. The average molecular weight is 400 g/mol. The molecule has 3 aromatic carbocycles. The molecular formula is C25H21FN2O2. The zero-order chi connectivity index (χ0) is 20.7. The molecule has 5 heteroatoms. The van der Waals surface area contributed by atoms with Gasteiger partial charge in [-0.15, -0.1) is 0 Å². The van der Waals surface area contributed by atoms with Gasteiger partial charge in [-0.25, -0.2) is 4.39 Å². The third-order valence-corrected chi connectivity index (χ3v) is 6.02. The van der Waals surface area contributed by atoms with Crippen LogP contribution >= 0.6 is 0 Å². The van der Waals surface area contributed by atoms with E-state index in [4.69, 9.17) is 0 Å². The van der Waals surface area contributed by atoms with E-state index in [2.05, 4.69) is 10.2 Å². The summed E-state index contributed by atoms with van der Waals surface area (Å²) in [4.78, 5) is 27.6. The van der Waals surface area contributed by atoms with Crippen LogP contribution in [0.5, 0.6) is 0 Å². The van der Waals surface area contributed by atoms with Crippen LogP contribution in [-0.2, 0) is 0 Å². The summed E-state index contributed by atoms with van der Waals surface area (Å²) in [6.45, 7) is 2.28. The van der Waals surface area contributed by atoms with E-state index < -0.39 is 0 Å². The van der Waals surface area contributed by atoms with Crippen LogP contribution in [-0.4, -0.2) is 31.3 Å². The Labute approximate surface area is 174 Å². The van der Waals surface area contributed by atoms with Crippen LogP contribution in [0, 0.1) is 11.7 Å². The van der Waals surface area contributed by atoms with Gasteiger partial charge in [0.05, 0.1) is 0 Å². The molecule has 1 atom stereocenters. The maximum absolute atomic E-state index is 13.1. The molecule has 0 saturated carbocycles. The first kappa shape index (κ1) is 18.6. The molecule has 0 radical (unpaired) electrons. The number of hydrogen-bond acceptors (Lipinski definition) is 3. The standard InChI is InChI=1S/C25H21FN2O2/c26-18-6-8-19(9-7-18)28-12-11-16(15-28)14-27-25(30)17-5-10-21-20-3-1-2-4-22(20)24(29)23(21)13-17/h1-10,13,16H,11-12,14-15H2,(H,27,30). The van der Waals surface area contributed by atoms with E-state index in [0.717, 1.165) is 36.3 Å². The fourth-order valence-electron chi connectivity index (χ4n) is 4.39. The number of carbonyl (C=O) groups excluding carboxylic acids is 2. The number of carbonyl (C=O) groups is 2. The van der Waals surface area contributed by atoms with Gasteiger partial charge >= 0.3 is 0 Å². The molecular weight excluding hydrogens is 379 g/mol. The fraction of sp³-hybridized carbons (Fsp3) is 0.200. The molecule has 1 heterocycles. The van der Waals surface area contributed by atoms with E-state index in [0.29, 0.717) is 29.2 Å². The van der Waals surface area contributed by atoms with Gasteiger partial charge in [0.1, 0.15) is 5.82 Å². The fourth-order valence-corrected chi connectivity index (χ4v) is 4.39. The minimum absolute atomic E-state index is 0.0269. The van der Waals surface area contributed by atoms with Crippen molar-refractivity contribution in [1.29, 1.82) is 0 Å². The molecule has 1 saturated heterocycles. The number of hydrogen-bond donors (Lipinski definition) is 1. The molecule has 4 nitrogen and oxygen atoms in total. The number of fused-ring (bicyclic) bond motifs is 3. The molecule has 1 aliphatic heterocycles. The molecule has 1 N–H and O–H groups in total.